The average Bonchev–Trinajstić information content (AvgIpc) is 3.82. The maximum absolute atomic E-state index is 12.9. The second-order valence-corrected chi connectivity index (χ2v) is 17.6. The molecule has 1 aliphatic rings. The van der Waals surface area contributed by atoms with Gasteiger partial charge in [0.05, 0.1) is 63.2 Å². The summed E-state index contributed by atoms with van der Waals surface area (Å²) in [5.74, 6) is 2.36. The van der Waals surface area contributed by atoms with Crippen LogP contribution in [0.4, 0.5) is 36.8 Å². The van der Waals surface area contributed by atoms with Gasteiger partial charge >= 0.3 is 18.3 Å². The van der Waals surface area contributed by atoms with E-state index in [2.05, 4.69) is 51.3 Å². The van der Waals surface area contributed by atoms with Crippen LogP contribution in [0, 0.1) is 13.8 Å². The number of unbranched alkanes of at least 4 members (excludes halogenated alkanes) is 5. The van der Waals surface area contributed by atoms with Crippen LogP contribution in [0.15, 0.2) is 30.5 Å². The largest absolute Gasteiger partial charge is 0.448 e. The maximum Gasteiger partial charge on any atom is 0.407 e. The Kier molecular flexibility index (Phi) is 29.1. The molecule has 1 saturated heterocycles. The molecule has 0 spiro atoms. The number of alkyl halides is 1. The predicted octanol–water partition coefficient (Wildman–Crippen LogP) is 6.54. The van der Waals surface area contributed by atoms with Gasteiger partial charge in [-0.2, -0.15) is 0 Å². The van der Waals surface area contributed by atoms with Crippen molar-refractivity contribution in [1.82, 2.24) is 35.8 Å². The van der Waals surface area contributed by atoms with Gasteiger partial charge in [-0.05, 0) is 57.6 Å². The molecular weight excluding hydrogens is 972 g/mol. The number of piperazine rings is 1. The third-order valence-corrected chi connectivity index (χ3v) is 11.8. The summed E-state index contributed by atoms with van der Waals surface area (Å²) in [5.41, 5.74) is 1.43. The van der Waals surface area contributed by atoms with Gasteiger partial charge in [0.25, 0.3) is 5.91 Å². The Morgan fingerprint density at radius 3 is 1.91 bits per heavy atom. The van der Waals surface area contributed by atoms with Crippen LogP contribution in [0.25, 0.3) is 0 Å². The Morgan fingerprint density at radius 1 is 0.671 bits per heavy atom. The number of hydrogen-bond acceptors (Lipinski definition) is 18. The molecule has 0 aliphatic carbocycles. The fourth-order valence-electron chi connectivity index (χ4n) is 6.63. The van der Waals surface area contributed by atoms with Crippen molar-refractivity contribution in [2.75, 3.05) is 146 Å². The van der Waals surface area contributed by atoms with Gasteiger partial charge < -0.3 is 64.6 Å². The molecule has 1 aliphatic heterocycles. The fourth-order valence-corrected chi connectivity index (χ4v) is 7.80. The van der Waals surface area contributed by atoms with Gasteiger partial charge in [0.1, 0.15) is 42.2 Å². The molecule has 21 nitrogen and oxygen atoms in total. The molecule has 390 valence electrons. The highest BCUT2D eigenvalue weighted by atomic mass is 35.5. The Labute approximate surface area is 424 Å². The van der Waals surface area contributed by atoms with E-state index >= 15 is 0 Å². The number of thiazole rings is 1. The van der Waals surface area contributed by atoms with Crippen molar-refractivity contribution in [2.45, 2.75) is 58.8 Å². The van der Waals surface area contributed by atoms with E-state index in [1.54, 1.807) is 6.07 Å². The van der Waals surface area contributed by atoms with Crippen LogP contribution >= 0.6 is 34.5 Å². The van der Waals surface area contributed by atoms with E-state index in [4.69, 9.17) is 56.4 Å². The third kappa shape index (κ3) is 24.8. The van der Waals surface area contributed by atoms with E-state index in [1.165, 1.54) is 17.5 Å². The van der Waals surface area contributed by atoms with Crippen LogP contribution in [-0.4, -0.2) is 175 Å². The van der Waals surface area contributed by atoms with Crippen LogP contribution in [0.3, 0.4) is 0 Å². The van der Waals surface area contributed by atoms with E-state index in [0.29, 0.717) is 104 Å². The number of amides is 4. The monoisotopic (exact) mass is 1040 g/mol. The zero-order chi connectivity index (χ0) is 50.0. The van der Waals surface area contributed by atoms with Crippen LogP contribution in [0.5, 0.6) is 0 Å². The summed E-state index contributed by atoms with van der Waals surface area (Å²) in [5, 5.41) is 15.2. The minimum atomic E-state index is -0.542. The summed E-state index contributed by atoms with van der Waals surface area (Å²) >= 11 is 13.2. The van der Waals surface area contributed by atoms with E-state index < -0.39 is 18.3 Å². The molecule has 0 unspecified atom stereocenters. The first kappa shape index (κ1) is 57.8. The first-order valence-electron chi connectivity index (χ1n) is 23.8. The molecule has 1 fully saturated rings. The average molecular weight is 1040 g/mol. The van der Waals surface area contributed by atoms with Crippen LogP contribution < -0.4 is 31.5 Å². The molecule has 0 atom stereocenters. The summed E-state index contributed by atoms with van der Waals surface area (Å²) in [4.78, 5) is 67.2. The van der Waals surface area contributed by atoms with Crippen molar-refractivity contribution < 1.29 is 52.3 Å². The van der Waals surface area contributed by atoms with Crippen molar-refractivity contribution in [1.29, 1.82) is 0 Å². The van der Waals surface area contributed by atoms with E-state index in [1.807, 2.05) is 32.0 Å². The number of anilines is 4. The highest BCUT2D eigenvalue weighted by molar-refractivity contribution is 7.17. The first-order valence-corrected chi connectivity index (χ1v) is 25.5. The van der Waals surface area contributed by atoms with Crippen molar-refractivity contribution in [3.8, 4) is 0 Å². The van der Waals surface area contributed by atoms with E-state index in [9.17, 15) is 19.2 Å². The Balaban J connectivity index is 0.904. The SMILES string of the molecule is Cc1nc(Nc2ncc(C(=O)Nc3c(C)cccc3Cl)s2)cc(N2CCN(CCOC(=O)NCCCCCNC(=O)OCCOCCOCCOC(=O)NCCOCCOCCCCCCCl)CC2)n1. The Hall–Kier alpha value is -4.81. The smallest absolute Gasteiger partial charge is 0.407 e. The predicted molar refractivity (Wildman–Crippen MR) is 269 cm³/mol. The summed E-state index contributed by atoms with van der Waals surface area (Å²) in [6.07, 6.45) is 6.54. The zero-order valence-corrected chi connectivity index (χ0v) is 42.7. The normalized spacial score (nSPS) is 12.6. The first-order chi connectivity index (χ1) is 34.1. The number of aryl methyl sites for hydroxylation is 2. The molecular formula is C46H70Cl2N10O11S. The lowest BCUT2D eigenvalue weighted by molar-refractivity contribution is 0.0151. The number of benzene rings is 1. The molecule has 0 radical (unpaired) electrons. The van der Waals surface area contributed by atoms with Crippen molar-refractivity contribution in [2.24, 2.45) is 0 Å². The minimum Gasteiger partial charge on any atom is -0.448 e. The lowest BCUT2D eigenvalue weighted by Crippen LogP contribution is -2.47. The minimum absolute atomic E-state index is 0.0967. The molecule has 1 aromatic carbocycles. The molecule has 3 heterocycles. The summed E-state index contributed by atoms with van der Waals surface area (Å²) < 4.78 is 37.3. The van der Waals surface area contributed by atoms with Gasteiger partial charge in [-0.3, -0.25) is 9.69 Å². The number of nitrogens with one attached hydrogen (secondary N) is 5. The lowest BCUT2D eigenvalue weighted by atomic mass is 10.2. The number of carbonyl (C=O) groups excluding carboxylic acids is 4. The molecule has 24 heteroatoms. The van der Waals surface area contributed by atoms with E-state index in [-0.39, 0.29) is 38.9 Å². The second-order valence-electron chi connectivity index (χ2n) is 15.8. The number of alkyl carbamates (subject to hydrolysis) is 3. The third-order valence-electron chi connectivity index (χ3n) is 10.3. The van der Waals surface area contributed by atoms with Crippen LogP contribution in [0.2, 0.25) is 5.02 Å². The molecule has 70 heavy (non-hydrogen) atoms. The highest BCUT2D eigenvalue weighted by Gasteiger charge is 2.20. The number of aromatic nitrogens is 3. The molecule has 2 aromatic heterocycles. The Morgan fingerprint density at radius 2 is 1.26 bits per heavy atom. The number of ether oxygens (including phenoxy) is 7. The number of carbonyl (C=O) groups is 4. The number of hydrogen-bond donors (Lipinski definition) is 5. The molecule has 4 rings (SSSR count). The fraction of sp³-hybridized carbons (Fsp3) is 0.630. The van der Waals surface area contributed by atoms with Gasteiger partial charge in [0.15, 0.2) is 5.13 Å². The second kappa shape index (κ2) is 35.3. The Bertz CT molecular complexity index is 1960. The number of nitrogens with zero attached hydrogens (tertiary/aromatic N) is 5. The van der Waals surface area contributed by atoms with Gasteiger partial charge in [-0.25, -0.2) is 29.3 Å². The maximum atomic E-state index is 12.9. The topological polar surface area (TPSA) is 238 Å². The van der Waals surface area contributed by atoms with E-state index in [0.717, 1.165) is 82.5 Å². The van der Waals surface area contributed by atoms with Gasteiger partial charge in [-0.15, -0.1) is 11.6 Å². The number of rotatable bonds is 35. The van der Waals surface area contributed by atoms with Gasteiger partial charge in [0.2, 0.25) is 0 Å². The standard InChI is InChI=1S/C46H70Cl2N10O11S/c1-35-11-10-12-37(48)41(35)56-42(59)38-34-52-43(70-38)55-39-33-40(54-36(2)53-39)58-19-17-57(18-20-58)21-24-67-44(60)49-14-7-5-8-15-50-45(61)68-31-29-65-27-28-66-30-32-69-46(62)51-16-23-64-26-25-63-22-9-4-3-6-13-47/h10-12,33-34H,3-9,13-32H2,1-2H3,(H,49,60)(H,50,61)(H,51,62)(H,56,59)(H,52,53,54,55). The van der Waals surface area contributed by atoms with Crippen LogP contribution in [0.1, 0.15) is 66.0 Å². The lowest BCUT2D eigenvalue weighted by Gasteiger charge is -2.35. The molecule has 3 aromatic rings. The quantitative estimate of drug-likeness (QED) is 0.0239. The zero-order valence-electron chi connectivity index (χ0n) is 40.4. The van der Waals surface area contributed by atoms with Gasteiger partial charge in [0, 0.05) is 70.9 Å². The molecule has 0 saturated carbocycles. The summed E-state index contributed by atoms with van der Waals surface area (Å²) in [6.45, 7) is 12.1. The van der Waals surface area contributed by atoms with Gasteiger partial charge in [-0.1, -0.05) is 47.9 Å². The van der Waals surface area contributed by atoms with Crippen molar-refractivity contribution in [3.05, 3.63) is 51.7 Å². The van der Waals surface area contributed by atoms with Crippen molar-refractivity contribution in [3.63, 3.8) is 0 Å². The highest BCUT2D eigenvalue weighted by Crippen LogP contribution is 2.28. The number of para-hydroxylation sites is 1. The molecule has 0 bridgehead atoms. The van der Waals surface area contributed by atoms with Crippen LogP contribution in [-0.2, 0) is 33.2 Å². The van der Waals surface area contributed by atoms with Crippen molar-refractivity contribution >= 4 is 81.2 Å². The molecule has 5 N–H and O–H groups in total. The number of halogens is 2. The summed E-state index contributed by atoms with van der Waals surface area (Å²) in [6, 6.07) is 7.31. The molecule has 4 amide bonds. The summed E-state index contributed by atoms with van der Waals surface area (Å²) in [7, 11) is 0.